The van der Waals surface area contributed by atoms with E-state index in [1.807, 2.05) is 60.3 Å². The van der Waals surface area contributed by atoms with Gasteiger partial charge in [-0.05, 0) is 17.7 Å². The number of rotatable bonds is 3. The summed E-state index contributed by atoms with van der Waals surface area (Å²) in [4.78, 5) is 25.0. The molecule has 1 aromatic heterocycles. The Morgan fingerprint density at radius 3 is 2.13 bits per heavy atom. The van der Waals surface area contributed by atoms with Gasteiger partial charge in [0.1, 0.15) is 0 Å². The van der Waals surface area contributed by atoms with Crippen LogP contribution in [0.25, 0.3) is 0 Å². The minimum Gasteiger partial charge on any atom is -0.422 e. The van der Waals surface area contributed by atoms with Crippen LogP contribution in [0.1, 0.15) is 31.0 Å². The molecule has 0 spiro atoms. The van der Waals surface area contributed by atoms with Crippen LogP contribution in [-0.2, 0) is 26.1 Å². The normalized spacial score (nSPS) is 19.1. The number of benzene rings is 1. The lowest BCUT2D eigenvalue weighted by Gasteiger charge is -2.36. The van der Waals surface area contributed by atoms with Crippen LogP contribution >= 0.6 is 0 Å². The van der Waals surface area contributed by atoms with Gasteiger partial charge in [-0.2, -0.15) is 0 Å². The van der Waals surface area contributed by atoms with Crippen molar-refractivity contribution in [3.63, 3.8) is 0 Å². The Balaban J connectivity index is 2.08. The molecule has 0 saturated carbocycles. The second-order valence-electron chi connectivity index (χ2n) is 6.15. The van der Waals surface area contributed by atoms with Gasteiger partial charge in [0.25, 0.3) is 5.79 Å². The molecule has 1 saturated heterocycles. The Hall–Kier alpha value is -2.56. The third-order valence-corrected chi connectivity index (χ3v) is 4.00. The molecule has 1 unspecified atom stereocenters. The third kappa shape index (κ3) is 2.86. The molecular weight excluding hydrogens is 294 g/mol. The fourth-order valence-electron chi connectivity index (χ4n) is 2.99. The first-order valence-corrected chi connectivity index (χ1v) is 7.51. The summed E-state index contributed by atoms with van der Waals surface area (Å²) in [5, 5.41) is 0. The van der Waals surface area contributed by atoms with Crippen molar-refractivity contribution in [2.75, 3.05) is 0 Å². The molecule has 1 atom stereocenters. The fourth-order valence-corrected chi connectivity index (χ4v) is 2.99. The van der Waals surface area contributed by atoms with Gasteiger partial charge in [0.15, 0.2) is 5.92 Å². The monoisotopic (exact) mass is 313 g/mol. The van der Waals surface area contributed by atoms with Crippen molar-refractivity contribution in [1.82, 2.24) is 4.57 Å². The SMILES string of the molecule is Cn1cccc1C(c1ccccc1)C1C(=O)OC(C)(C)OC1=O. The van der Waals surface area contributed by atoms with E-state index in [1.54, 1.807) is 13.8 Å². The molecule has 1 aliphatic rings. The molecule has 1 aliphatic heterocycles. The van der Waals surface area contributed by atoms with Gasteiger partial charge < -0.3 is 14.0 Å². The molecule has 5 nitrogen and oxygen atoms in total. The minimum absolute atomic E-state index is 0.452. The molecule has 0 radical (unpaired) electrons. The lowest BCUT2D eigenvalue weighted by molar-refractivity contribution is -0.240. The predicted octanol–water partition coefficient (Wildman–Crippen LogP) is 2.61. The van der Waals surface area contributed by atoms with Crippen molar-refractivity contribution < 1.29 is 19.1 Å². The maximum Gasteiger partial charge on any atom is 0.324 e. The van der Waals surface area contributed by atoms with Crippen molar-refractivity contribution in [3.05, 3.63) is 59.9 Å². The number of carbonyl (C=O) groups excluding carboxylic acids is 2. The van der Waals surface area contributed by atoms with Crippen LogP contribution in [0.5, 0.6) is 0 Å². The van der Waals surface area contributed by atoms with Gasteiger partial charge in [-0.3, -0.25) is 9.59 Å². The molecule has 3 rings (SSSR count). The molecule has 2 heterocycles. The van der Waals surface area contributed by atoms with Crippen LogP contribution in [0.3, 0.4) is 0 Å². The van der Waals surface area contributed by atoms with E-state index in [1.165, 1.54) is 0 Å². The third-order valence-electron chi connectivity index (χ3n) is 4.00. The fraction of sp³-hybridized carbons (Fsp3) is 0.333. The molecule has 5 heteroatoms. The van der Waals surface area contributed by atoms with Crippen LogP contribution in [0.15, 0.2) is 48.7 Å². The van der Waals surface area contributed by atoms with Gasteiger partial charge >= 0.3 is 11.9 Å². The first-order chi connectivity index (χ1) is 10.9. The van der Waals surface area contributed by atoms with Gasteiger partial charge in [0.05, 0.1) is 0 Å². The van der Waals surface area contributed by atoms with E-state index in [4.69, 9.17) is 9.47 Å². The van der Waals surface area contributed by atoms with E-state index in [0.29, 0.717) is 0 Å². The average Bonchev–Trinajstić information content (AvgIpc) is 2.88. The van der Waals surface area contributed by atoms with Gasteiger partial charge in [-0.1, -0.05) is 30.3 Å². The standard InChI is InChI=1S/C18H19NO4/c1-18(2)22-16(20)15(17(21)23-18)14(12-8-5-4-6-9-12)13-10-7-11-19(13)3/h4-11,14-15H,1-3H3. The maximum absolute atomic E-state index is 12.5. The zero-order valence-electron chi connectivity index (χ0n) is 13.4. The molecule has 0 aliphatic carbocycles. The van der Waals surface area contributed by atoms with E-state index in [0.717, 1.165) is 11.3 Å². The number of esters is 2. The van der Waals surface area contributed by atoms with E-state index < -0.39 is 29.6 Å². The smallest absolute Gasteiger partial charge is 0.324 e. The van der Waals surface area contributed by atoms with E-state index >= 15 is 0 Å². The Labute approximate surface area is 134 Å². The Bertz CT molecular complexity index is 712. The Morgan fingerprint density at radius 1 is 1.00 bits per heavy atom. The second-order valence-corrected chi connectivity index (χ2v) is 6.15. The summed E-state index contributed by atoms with van der Waals surface area (Å²) in [5.74, 6) is -3.80. The van der Waals surface area contributed by atoms with Crippen molar-refractivity contribution in [2.45, 2.75) is 25.6 Å². The largest absolute Gasteiger partial charge is 0.422 e. The number of aryl methyl sites for hydroxylation is 1. The Kier molecular flexibility index (Phi) is 3.72. The van der Waals surface area contributed by atoms with E-state index in [2.05, 4.69) is 0 Å². The number of ether oxygens (including phenoxy) is 2. The van der Waals surface area contributed by atoms with Crippen molar-refractivity contribution >= 4 is 11.9 Å². The van der Waals surface area contributed by atoms with Gasteiger partial charge in [0, 0.05) is 38.7 Å². The number of aromatic nitrogens is 1. The summed E-state index contributed by atoms with van der Waals surface area (Å²) in [7, 11) is 1.88. The van der Waals surface area contributed by atoms with Crippen LogP contribution in [0, 0.1) is 5.92 Å². The maximum atomic E-state index is 12.5. The number of hydrogen-bond donors (Lipinski definition) is 0. The van der Waals surface area contributed by atoms with Gasteiger partial charge in [0.2, 0.25) is 0 Å². The van der Waals surface area contributed by atoms with Crippen molar-refractivity contribution in [1.29, 1.82) is 0 Å². The molecule has 0 amide bonds. The highest BCUT2D eigenvalue weighted by atomic mass is 16.7. The molecule has 120 valence electrons. The van der Waals surface area contributed by atoms with E-state index in [-0.39, 0.29) is 0 Å². The Morgan fingerprint density at radius 2 is 1.61 bits per heavy atom. The zero-order chi connectivity index (χ0) is 16.6. The highest BCUT2D eigenvalue weighted by Gasteiger charge is 2.48. The molecule has 1 aromatic carbocycles. The van der Waals surface area contributed by atoms with Crippen molar-refractivity contribution in [3.8, 4) is 0 Å². The van der Waals surface area contributed by atoms with Crippen LogP contribution in [0.4, 0.5) is 0 Å². The molecule has 0 bridgehead atoms. The summed E-state index contributed by atoms with van der Waals surface area (Å²) in [6, 6.07) is 13.2. The molecule has 0 N–H and O–H groups in total. The van der Waals surface area contributed by atoms with Gasteiger partial charge in [-0.15, -0.1) is 0 Å². The zero-order valence-corrected chi connectivity index (χ0v) is 13.4. The summed E-state index contributed by atoms with van der Waals surface area (Å²) >= 11 is 0. The summed E-state index contributed by atoms with van der Waals surface area (Å²) in [5.41, 5.74) is 1.72. The number of cyclic esters (lactones) is 2. The molecule has 2 aromatic rings. The van der Waals surface area contributed by atoms with Crippen LogP contribution in [-0.4, -0.2) is 22.3 Å². The molecule has 1 fully saturated rings. The highest BCUT2D eigenvalue weighted by molar-refractivity contribution is 5.98. The number of hydrogen-bond acceptors (Lipinski definition) is 4. The molecule has 23 heavy (non-hydrogen) atoms. The van der Waals surface area contributed by atoms with Gasteiger partial charge in [-0.25, -0.2) is 0 Å². The summed E-state index contributed by atoms with van der Waals surface area (Å²) in [6.07, 6.45) is 1.88. The number of carbonyl (C=O) groups is 2. The lowest BCUT2D eigenvalue weighted by atomic mass is 9.82. The lowest BCUT2D eigenvalue weighted by Crippen LogP contribution is -2.48. The van der Waals surface area contributed by atoms with Crippen LogP contribution in [0.2, 0.25) is 0 Å². The van der Waals surface area contributed by atoms with Crippen molar-refractivity contribution in [2.24, 2.45) is 13.0 Å². The first-order valence-electron chi connectivity index (χ1n) is 7.51. The predicted molar refractivity (Wildman–Crippen MR) is 83.5 cm³/mol. The first kappa shape index (κ1) is 15.3. The van der Waals surface area contributed by atoms with E-state index in [9.17, 15) is 9.59 Å². The average molecular weight is 313 g/mol. The summed E-state index contributed by atoms with van der Waals surface area (Å²) < 4.78 is 12.5. The second kappa shape index (κ2) is 5.57. The highest BCUT2D eigenvalue weighted by Crippen LogP contribution is 2.37. The quantitative estimate of drug-likeness (QED) is 0.645. The topological polar surface area (TPSA) is 57.5 Å². The summed E-state index contributed by atoms with van der Waals surface area (Å²) in [6.45, 7) is 3.11. The van der Waals surface area contributed by atoms with Crippen LogP contribution < -0.4 is 0 Å². The number of nitrogens with zero attached hydrogens (tertiary/aromatic N) is 1. The minimum atomic E-state index is -1.22. The molecular formula is C18H19NO4.